The van der Waals surface area contributed by atoms with E-state index in [1.807, 2.05) is 0 Å². The Balaban J connectivity index is 2.01. The second kappa shape index (κ2) is 6.38. The molecule has 0 bridgehead atoms. The molecule has 0 aromatic rings. The van der Waals surface area contributed by atoms with Crippen LogP contribution in [-0.2, 0) is 0 Å². The van der Waals surface area contributed by atoms with E-state index in [9.17, 15) is 0 Å². The summed E-state index contributed by atoms with van der Waals surface area (Å²) in [7, 11) is 0. The van der Waals surface area contributed by atoms with Gasteiger partial charge in [0, 0.05) is 30.7 Å². The van der Waals surface area contributed by atoms with E-state index in [-0.39, 0.29) is 0 Å². The van der Waals surface area contributed by atoms with E-state index >= 15 is 0 Å². The van der Waals surface area contributed by atoms with Gasteiger partial charge in [-0.3, -0.25) is 4.90 Å². The highest BCUT2D eigenvalue weighted by atomic mass is 15.3. The van der Waals surface area contributed by atoms with Crippen LogP contribution in [0.3, 0.4) is 0 Å². The Kier molecular flexibility index (Phi) is 5.08. The Morgan fingerprint density at radius 2 is 1.67 bits per heavy atom. The molecule has 2 rings (SSSR count). The Bertz CT molecular complexity index is 241. The van der Waals surface area contributed by atoms with Crippen LogP contribution in [-0.4, -0.2) is 35.6 Å². The van der Waals surface area contributed by atoms with Crippen molar-refractivity contribution in [3.63, 3.8) is 0 Å². The first-order valence-corrected chi connectivity index (χ1v) is 8.13. The van der Waals surface area contributed by atoms with E-state index in [1.165, 1.54) is 64.5 Å². The van der Waals surface area contributed by atoms with Gasteiger partial charge in [-0.1, -0.05) is 39.0 Å². The van der Waals surface area contributed by atoms with Crippen LogP contribution >= 0.6 is 0 Å². The van der Waals surface area contributed by atoms with Crippen molar-refractivity contribution in [2.24, 2.45) is 0 Å². The van der Waals surface area contributed by atoms with Crippen LogP contribution in [0.25, 0.3) is 0 Å². The van der Waals surface area contributed by atoms with Gasteiger partial charge >= 0.3 is 0 Å². The molecule has 0 amide bonds. The Morgan fingerprint density at radius 3 is 2.28 bits per heavy atom. The second-order valence-electron chi connectivity index (χ2n) is 7.00. The lowest BCUT2D eigenvalue weighted by Crippen LogP contribution is -2.63. The first-order valence-electron chi connectivity index (χ1n) is 8.13. The van der Waals surface area contributed by atoms with Gasteiger partial charge in [0.2, 0.25) is 0 Å². The summed E-state index contributed by atoms with van der Waals surface area (Å²) in [6, 6.07) is 1.62. The molecule has 1 N–H and O–H groups in total. The Labute approximate surface area is 114 Å². The summed E-state index contributed by atoms with van der Waals surface area (Å²) in [5.41, 5.74) is 0.300. The third-order valence-electron chi connectivity index (χ3n) is 4.88. The molecule has 1 unspecified atom stereocenters. The smallest absolute Gasteiger partial charge is 0.0253 e. The van der Waals surface area contributed by atoms with E-state index < -0.39 is 0 Å². The van der Waals surface area contributed by atoms with Crippen molar-refractivity contribution in [3.05, 3.63) is 0 Å². The first-order chi connectivity index (χ1) is 8.62. The standard InChI is InChI=1S/C16H32N2/c1-4-14-12-17-16(2,3)13-18(14)15-10-8-6-5-7-9-11-15/h14-15,17H,4-13H2,1-3H3. The molecule has 1 saturated heterocycles. The summed E-state index contributed by atoms with van der Waals surface area (Å²) in [4.78, 5) is 2.85. The van der Waals surface area contributed by atoms with Gasteiger partial charge in [-0.15, -0.1) is 0 Å². The molecule has 18 heavy (non-hydrogen) atoms. The minimum absolute atomic E-state index is 0.300. The van der Waals surface area contributed by atoms with Gasteiger partial charge in [-0.2, -0.15) is 0 Å². The number of nitrogens with one attached hydrogen (secondary N) is 1. The molecule has 2 nitrogen and oxygen atoms in total. The number of nitrogens with zero attached hydrogens (tertiary/aromatic N) is 1. The molecule has 0 radical (unpaired) electrons. The lowest BCUT2D eigenvalue weighted by Gasteiger charge is -2.48. The van der Waals surface area contributed by atoms with Crippen LogP contribution in [0.5, 0.6) is 0 Å². The topological polar surface area (TPSA) is 15.3 Å². The van der Waals surface area contributed by atoms with Crippen LogP contribution in [0.4, 0.5) is 0 Å². The van der Waals surface area contributed by atoms with Crippen molar-refractivity contribution >= 4 is 0 Å². The van der Waals surface area contributed by atoms with Gasteiger partial charge in [0.15, 0.2) is 0 Å². The molecule has 106 valence electrons. The molecule has 1 heterocycles. The molecule has 1 atom stereocenters. The monoisotopic (exact) mass is 252 g/mol. The van der Waals surface area contributed by atoms with Crippen LogP contribution in [0.2, 0.25) is 0 Å². The molecule has 2 fully saturated rings. The molecule has 1 aliphatic carbocycles. The third-order valence-corrected chi connectivity index (χ3v) is 4.88. The normalized spacial score (nSPS) is 31.8. The summed E-state index contributed by atoms with van der Waals surface area (Å²) < 4.78 is 0. The second-order valence-corrected chi connectivity index (χ2v) is 7.00. The molecule has 0 spiro atoms. The highest BCUT2D eigenvalue weighted by Crippen LogP contribution is 2.27. The average molecular weight is 252 g/mol. The van der Waals surface area contributed by atoms with Crippen molar-refractivity contribution < 1.29 is 0 Å². The maximum atomic E-state index is 3.71. The lowest BCUT2D eigenvalue weighted by atomic mass is 9.90. The summed E-state index contributed by atoms with van der Waals surface area (Å²) in [5.74, 6) is 0. The van der Waals surface area contributed by atoms with E-state index in [0.29, 0.717) is 5.54 Å². The van der Waals surface area contributed by atoms with E-state index in [0.717, 1.165) is 12.1 Å². The largest absolute Gasteiger partial charge is 0.309 e. The summed E-state index contributed by atoms with van der Waals surface area (Å²) >= 11 is 0. The van der Waals surface area contributed by atoms with Gasteiger partial charge in [-0.05, 0) is 33.1 Å². The number of hydrogen-bond acceptors (Lipinski definition) is 2. The molecular weight excluding hydrogens is 220 g/mol. The highest BCUT2D eigenvalue weighted by Gasteiger charge is 2.35. The average Bonchev–Trinajstić information content (AvgIpc) is 2.27. The number of piperazine rings is 1. The fraction of sp³-hybridized carbons (Fsp3) is 1.00. The zero-order valence-corrected chi connectivity index (χ0v) is 12.7. The quantitative estimate of drug-likeness (QED) is 0.808. The summed E-state index contributed by atoms with van der Waals surface area (Å²) in [6.45, 7) is 9.47. The molecule has 1 aliphatic heterocycles. The SMILES string of the molecule is CCC1CNC(C)(C)CN1C1CCCCCCC1. The zero-order chi connectivity index (χ0) is 13.0. The first kappa shape index (κ1) is 14.3. The minimum atomic E-state index is 0.300. The molecule has 0 aromatic heterocycles. The van der Waals surface area contributed by atoms with Crippen molar-refractivity contribution in [2.45, 2.75) is 89.8 Å². The highest BCUT2D eigenvalue weighted by molar-refractivity contribution is 4.94. The number of rotatable bonds is 2. The minimum Gasteiger partial charge on any atom is -0.309 e. The summed E-state index contributed by atoms with van der Waals surface area (Å²) in [6.07, 6.45) is 11.5. The maximum Gasteiger partial charge on any atom is 0.0253 e. The van der Waals surface area contributed by atoms with Crippen molar-refractivity contribution in [2.75, 3.05) is 13.1 Å². The fourth-order valence-electron chi connectivity index (χ4n) is 3.73. The van der Waals surface area contributed by atoms with Gasteiger partial charge < -0.3 is 5.32 Å². The Morgan fingerprint density at radius 1 is 1.06 bits per heavy atom. The molecule has 2 aliphatic rings. The third kappa shape index (κ3) is 3.71. The van der Waals surface area contributed by atoms with Crippen LogP contribution in [0.15, 0.2) is 0 Å². The van der Waals surface area contributed by atoms with E-state index in [4.69, 9.17) is 0 Å². The fourth-order valence-corrected chi connectivity index (χ4v) is 3.73. The lowest BCUT2D eigenvalue weighted by molar-refractivity contribution is 0.0408. The molecule has 1 saturated carbocycles. The zero-order valence-electron chi connectivity index (χ0n) is 12.7. The molecule has 2 heteroatoms. The number of hydrogen-bond donors (Lipinski definition) is 1. The van der Waals surface area contributed by atoms with Gasteiger partial charge in [0.05, 0.1) is 0 Å². The van der Waals surface area contributed by atoms with Crippen LogP contribution in [0.1, 0.15) is 72.1 Å². The van der Waals surface area contributed by atoms with Gasteiger partial charge in [0.25, 0.3) is 0 Å². The van der Waals surface area contributed by atoms with Crippen molar-refractivity contribution in [3.8, 4) is 0 Å². The van der Waals surface area contributed by atoms with Crippen LogP contribution < -0.4 is 5.32 Å². The van der Waals surface area contributed by atoms with E-state index in [1.54, 1.807) is 0 Å². The summed E-state index contributed by atoms with van der Waals surface area (Å²) in [5, 5.41) is 3.71. The van der Waals surface area contributed by atoms with Crippen molar-refractivity contribution in [1.82, 2.24) is 10.2 Å². The van der Waals surface area contributed by atoms with Gasteiger partial charge in [0.1, 0.15) is 0 Å². The van der Waals surface area contributed by atoms with Crippen LogP contribution in [0, 0.1) is 0 Å². The van der Waals surface area contributed by atoms with Crippen molar-refractivity contribution in [1.29, 1.82) is 0 Å². The van der Waals surface area contributed by atoms with Gasteiger partial charge in [-0.25, -0.2) is 0 Å². The molecule has 0 aromatic carbocycles. The predicted molar refractivity (Wildman–Crippen MR) is 79.0 cm³/mol. The van der Waals surface area contributed by atoms with E-state index in [2.05, 4.69) is 31.0 Å². The molecular formula is C16H32N2. The predicted octanol–water partition coefficient (Wildman–Crippen LogP) is 3.56. The maximum absolute atomic E-state index is 3.71. The Hall–Kier alpha value is -0.0800.